The molecule has 0 bridgehead atoms. The Morgan fingerprint density at radius 1 is 1.16 bits per heavy atom. The van der Waals surface area contributed by atoms with Crippen molar-refractivity contribution < 1.29 is 18.4 Å². The highest BCUT2D eigenvalue weighted by molar-refractivity contribution is 7.92. The van der Waals surface area contributed by atoms with Crippen LogP contribution in [0.2, 0.25) is 5.02 Å². The molecule has 0 unspecified atom stereocenters. The number of fused-ring (bicyclic) bond motifs is 1. The predicted octanol–water partition coefficient (Wildman–Crippen LogP) is 3.50. The Morgan fingerprint density at radius 3 is 2.48 bits per heavy atom. The first-order chi connectivity index (χ1) is 11.8. The zero-order chi connectivity index (χ0) is 18.2. The minimum absolute atomic E-state index is 0.130. The van der Waals surface area contributed by atoms with Crippen molar-refractivity contribution >= 4 is 54.6 Å². The molecule has 2 aromatic carbocycles. The van der Waals surface area contributed by atoms with Crippen molar-refractivity contribution in [1.82, 2.24) is 5.48 Å². The molecule has 0 atom stereocenters. The van der Waals surface area contributed by atoms with Gasteiger partial charge in [0.05, 0.1) is 15.5 Å². The number of benzene rings is 2. The molecule has 0 radical (unpaired) electrons. The van der Waals surface area contributed by atoms with Crippen molar-refractivity contribution in [3.63, 3.8) is 0 Å². The highest BCUT2D eigenvalue weighted by Crippen LogP contribution is 2.31. The summed E-state index contributed by atoms with van der Waals surface area (Å²) in [4.78, 5) is 12.0. The molecule has 9 heteroatoms. The first-order valence-electron chi connectivity index (χ1n) is 7.05. The van der Waals surface area contributed by atoms with E-state index in [1.54, 1.807) is 29.7 Å². The van der Waals surface area contributed by atoms with Crippen LogP contribution in [0.1, 0.15) is 9.67 Å². The number of hydroxylamine groups is 1. The Bertz CT molecular complexity index is 1050. The Morgan fingerprint density at radius 2 is 1.84 bits per heavy atom. The molecule has 1 aromatic heterocycles. The number of anilines is 1. The highest BCUT2D eigenvalue weighted by atomic mass is 35.5. The molecule has 0 spiro atoms. The maximum Gasteiger partial charge on any atom is 0.284 e. The van der Waals surface area contributed by atoms with Gasteiger partial charge in [-0.05, 0) is 53.9 Å². The molecule has 3 aromatic rings. The second kappa shape index (κ2) is 6.64. The van der Waals surface area contributed by atoms with Crippen LogP contribution in [0.4, 0.5) is 5.69 Å². The summed E-state index contributed by atoms with van der Waals surface area (Å²) >= 11 is 7.01. The van der Waals surface area contributed by atoms with E-state index in [2.05, 4.69) is 0 Å². The Kier molecular flexibility index (Phi) is 4.70. The fourth-order valence-electron chi connectivity index (χ4n) is 2.30. The largest absolute Gasteiger partial charge is 0.288 e. The van der Waals surface area contributed by atoms with Crippen molar-refractivity contribution in [3.05, 3.63) is 58.4 Å². The molecule has 0 aliphatic heterocycles. The number of thiophene rings is 1. The third-order valence-corrected chi connectivity index (χ3v) is 6.83. The van der Waals surface area contributed by atoms with Gasteiger partial charge in [0.15, 0.2) is 0 Å². The van der Waals surface area contributed by atoms with Gasteiger partial charge in [-0.3, -0.25) is 14.3 Å². The molecule has 0 aliphatic rings. The number of hydrogen-bond acceptors (Lipinski definition) is 5. The maximum absolute atomic E-state index is 12.7. The van der Waals surface area contributed by atoms with Crippen molar-refractivity contribution in [1.29, 1.82) is 0 Å². The smallest absolute Gasteiger partial charge is 0.284 e. The summed E-state index contributed by atoms with van der Waals surface area (Å²) in [6.07, 6.45) is 0. The first-order valence-corrected chi connectivity index (χ1v) is 9.69. The second-order valence-corrected chi connectivity index (χ2v) is 8.69. The van der Waals surface area contributed by atoms with Crippen LogP contribution in [0, 0.1) is 0 Å². The Hall–Kier alpha value is -2.13. The van der Waals surface area contributed by atoms with Crippen LogP contribution >= 0.6 is 22.9 Å². The van der Waals surface area contributed by atoms with Crippen LogP contribution in [0.25, 0.3) is 10.1 Å². The number of hydrogen-bond donors (Lipinski definition) is 2. The van der Waals surface area contributed by atoms with Crippen molar-refractivity contribution in [2.45, 2.75) is 4.90 Å². The molecule has 0 fully saturated rings. The molecule has 3 rings (SSSR count). The number of halogens is 1. The minimum Gasteiger partial charge on any atom is -0.288 e. The van der Waals surface area contributed by atoms with E-state index in [-0.39, 0.29) is 4.90 Å². The summed E-state index contributed by atoms with van der Waals surface area (Å²) < 4.78 is 27.4. The van der Waals surface area contributed by atoms with E-state index >= 15 is 0 Å². The Balaban J connectivity index is 2.00. The third-order valence-electron chi connectivity index (χ3n) is 3.66. The molecule has 2 N–H and O–H groups in total. The summed E-state index contributed by atoms with van der Waals surface area (Å²) in [5.41, 5.74) is 2.04. The fourth-order valence-corrected chi connectivity index (χ4v) is 4.54. The normalized spacial score (nSPS) is 11.5. The van der Waals surface area contributed by atoms with E-state index in [1.807, 2.05) is 0 Å². The monoisotopic (exact) mass is 396 g/mol. The SMILES string of the molecule is CN(c1ccc2sc(C(=O)NO)cc2c1)S(=O)(=O)c1ccc(Cl)cc1. The summed E-state index contributed by atoms with van der Waals surface area (Å²) in [7, 11) is -2.28. The number of rotatable bonds is 4. The molecular formula is C16H13ClN2O4S2. The van der Waals surface area contributed by atoms with Crippen molar-refractivity contribution in [3.8, 4) is 0 Å². The topological polar surface area (TPSA) is 86.7 Å². The van der Waals surface area contributed by atoms with E-state index in [4.69, 9.17) is 16.8 Å². The lowest BCUT2D eigenvalue weighted by atomic mass is 10.2. The van der Waals surface area contributed by atoms with Gasteiger partial charge in [-0.1, -0.05) is 11.6 Å². The van der Waals surface area contributed by atoms with Crippen LogP contribution in [0.3, 0.4) is 0 Å². The number of nitrogens with one attached hydrogen (secondary N) is 1. The van der Waals surface area contributed by atoms with Crippen LogP contribution in [-0.2, 0) is 10.0 Å². The number of carbonyl (C=O) groups is 1. The standard InChI is InChI=1S/C16H13ClN2O4S2/c1-19(25(22,23)13-5-2-11(17)3-6-13)12-4-7-14-10(8-12)9-15(24-14)16(20)18-21/h2-9,21H,1H3,(H,18,20). The van der Waals surface area contributed by atoms with E-state index in [1.165, 1.54) is 47.0 Å². The van der Waals surface area contributed by atoms with Gasteiger partial charge in [-0.2, -0.15) is 0 Å². The summed E-state index contributed by atoms with van der Waals surface area (Å²) in [6, 6.07) is 12.6. The van der Waals surface area contributed by atoms with E-state index < -0.39 is 15.9 Å². The lowest BCUT2D eigenvalue weighted by Gasteiger charge is -2.19. The predicted molar refractivity (Wildman–Crippen MR) is 98.1 cm³/mol. The van der Waals surface area contributed by atoms with Gasteiger partial charge in [0, 0.05) is 16.8 Å². The number of carbonyl (C=O) groups excluding carboxylic acids is 1. The van der Waals surface area contributed by atoms with Gasteiger partial charge in [-0.15, -0.1) is 11.3 Å². The van der Waals surface area contributed by atoms with E-state index in [0.717, 1.165) is 4.70 Å². The first kappa shape index (κ1) is 17.7. The van der Waals surface area contributed by atoms with Crippen LogP contribution in [0.5, 0.6) is 0 Å². The summed E-state index contributed by atoms with van der Waals surface area (Å²) in [6.45, 7) is 0. The van der Waals surface area contributed by atoms with Gasteiger partial charge >= 0.3 is 0 Å². The molecule has 1 heterocycles. The molecule has 25 heavy (non-hydrogen) atoms. The summed E-state index contributed by atoms with van der Waals surface area (Å²) in [5, 5.41) is 9.88. The zero-order valence-electron chi connectivity index (χ0n) is 12.9. The Labute approximate surface area is 153 Å². The van der Waals surface area contributed by atoms with Crippen molar-refractivity contribution in [2.24, 2.45) is 0 Å². The number of nitrogens with zero attached hydrogens (tertiary/aromatic N) is 1. The van der Waals surface area contributed by atoms with Crippen LogP contribution < -0.4 is 9.79 Å². The number of sulfonamides is 1. The highest BCUT2D eigenvalue weighted by Gasteiger charge is 2.22. The van der Waals surface area contributed by atoms with Gasteiger partial charge in [-0.25, -0.2) is 13.9 Å². The zero-order valence-corrected chi connectivity index (χ0v) is 15.3. The molecule has 130 valence electrons. The van der Waals surface area contributed by atoms with Crippen LogP contribution in [-0.4, -0.2) is 26.6 Å². The van der Waals surface area contributed by atoms with Crippen LogP contribution in [0.15, 0.2) is 53.4 Å². The molecule has 0 saturated heterocycles. The molecule has 6 nitrogen and oxygen atoms in total. The molecule has 0 aliphatic carbocycles. The minimum atomic E-state index is -3.73. The van der Waals surface area contributed by atoms with Gasteiger partial charge in [0.25, 0.3) is 15.9 Å². The average Bonchev–Trinajstić information content (AvgIpc) is 3.03. The van der Waals surface area contributed by atoms with Gasteiger partial charge < -0.3 is 0 Å². The van der Waals surface area contributed by atoms with E-state index in [9.17, 15) is 13.2 Å². The van der Waals surface area contributed by atoms with E-state index in [0.29, 0.717) is 21.0 Å². The lowest BCUT2D eigenvalue weighted by molar-refractivity contribution is 0.0711. The number of amides is 1. The van der Waals surface area contributed by atoms with Crippen molar-refractivity contribution in [2.75, 3.05) is 11.4 Å². The second-order valence-electron chi connectivity index (χ2n) is 5.20. The maximum atomic E-state index is 12.7. The third kappa shape index (κ3) is 3.34. The lowest BCUT2D eigenvalue weighted by Crippen LogP contribution is -2.26. The summed E-state index contributed by atoms with van der Waals surface area (Å²) in [5.74, 6) is -0.607. The van der Waals surface area contributed by atoms with Gasteiger partial charge in [0.2, 0.25) is 0 Å². The quantitative estimate of drug-likeness (QED) is 0.522. The molecular weight excluding hydrogens is 384 g/mol. The fraction of sp³-hybridized carbons (Fsp3) is 0.0625. The molecule has 0 saturated carbocycles. The average molecular weight is 397 g/mol. The van der Waals surface area contributed by atoms with Gasteiger partial charge in [0.1, 0.15) is 0 Å². The molecule has 1 amide bonds.